The minimum Gasteiger partial charge on any atom is -0.480 e. The van der Waals surface area contributed by atoms with Crippen LogP contribution in [0.2, 0.25) is 0 Å². The first-order chi connectivity index (χ1) is 17.0. The average Bonchev–Trinajstić information content (AvgIpc) is 3.45. The van der Waals surface area contributed by atoms with Crippen molar-refractivity contribution in [1.29, 1.82) is 0 Å². The van der Waals surface area contributed by atoms with Crippen LogP contribution in [0.5, 0.6) is 0 Å². The van der Waals surface area contributed by atoms with Gasteiger partial charge in [-0.05, 0) is 41.5 Å². The fraction of sp³-hybridized carbons (Fsp3) is 0.308. The number of hydrogen-bond donors (Lipinski definition) is 4. The highest BCUT2D eigenvalue weighted by Crippen LogP contribution is 2.44. The van der Waals surface area contributed by atoms with E-state index in [1.54, 1.807) is 0 Å². The number of hydrogen-bond acceptors (Lipinski definition) is 5. The second-order valence-corrected chi connectivity index (χ2v) is 9.03. The molecule has 1 saturated carbocycles. The van der Waals surface area contributed by atoms with Crippen LogP contribution in [0.4, 0.5) is 4.79 Å². The molecule has 35 heavy (non-hydrogen) atoms. The molecule has 0 radical (unpaired) electrons. The van der Waals surface area contributed by atoms with Gasteiger partial charge in [-0.1, -0.05) is 48.5 Å². The fourth-order valence-electron chi connectivity index (χ4n) is 4.88. The normalized spacial score (nSPS) is 16.3. The molecule has 1 atom stereocenters. The Labute approximate surface area is 201 Å². The van der Waals surface area contributed by atoms with Crippen molar-refractivity contribution < 1.29 is 24.2 Å². The van der Waals surface area contributed by atoms with Gasteiger partial charge in [-0.15, -0.1) is 0 Å². The minimum atomic E-state index is -1.18. The predicted molar refractivity (Wildman–Crippen MR) is 127 cm³/mol. The summed E-state index contributed by atoms with van der Waals surface area (Å²) in [6, 6.07) is 14.9. The summed E-state index contributed by atoms with van der Waals surface area (Å²) in [4.78, 5) is 44.2. The Kier molecular flexibility index (Phi) is 5.98. The summed E-state index contributed by atoms with van der Waals surface area (Å²) in [6.07, 6.45) is 3.90. The molecule has 9 nitrogen and oxygen atoms in total. The van der Waals surface area contributed by atoms with E-state index in [2.05, 4.69) is 32.7 Å². The lowest BCUT2D eigenvalue weighted by Gasteiger charge is -2.40. The van der Waals surface area contributed by atoms with Crippen molar-refractivity contribution in [1.82, 2.24) is 20.6 Å². The van der Waals surface area contributed by atoms with Crippen molar-refractivity contribution in [2.75, 3.05) is 6.61 Å². The zero-order chi connectivity index (χ0) is 24.4. The summed E-state index contributed by atoms with van der Waals surface area (Å²) < 4.78 is 5.60. The Bertz CT molecular complexity index is 1210. The first kappa shape index (κ1) is 22.6. The van der Waals surface area contributed by atoms with Gasteiger partial charge in [0.05, 0.1) is 6.33 Å². The number of amides is 2. The molecule has 2 aliphatic rings. The number of nitrogens with one attached hydrogen (secondary N) is 3. The molecule has 0 aliphatic heterocycles. The van der Waals surface area contributed by atoms with Crippen molar-refractivity contribution in [3.05, 3.63) is 77.9 Å². The summed E-state index contributed by atoms with van der Waals surface area (Å²) in [7, 11) is 0. The maximum atomic E-state index is 13.0. The number of alkyl carbamates (subject to hydrolysis) is 1. The van der Waals surface area contributed by atoms with Gasteiger partial charge in [0.15, 0.2) is 0 Å². The number of aromatic nitrogens is 2. The topological polar surface area (TPSA) is 133 Å². The molecule has 9 heteroatoms. The van der Waals surface area contributed by atoms with E-state index in [4.69, 9.17) is 4.74 Å². The number of carboxylic acid groups (broad SMARTS) is 1. The van der Waals surface area contributed by atoms with Gasteiger partial charge >= 0.3 is 12.1 Å². The van der Waals surface area contributed by atoms with Crippen LogP contribution in [-0.4, -0.2) is 51.2 Å². The average molecular weight is 475 g/mol. The molecule has 0 bridgehead atoms. The molecule has 1 fully saturated rings. The number of carbonyl (C=O) groups excluding carboxylic acids is 2. The van der Waals surface area contributed by atoms with Gasteiger partial charge in [-0.25, -0.2) is 14.6 Å². The molecule has 2 aliphatic carbocycles. The molecule has 1 heterocycles. The van der Waals surface area contributed by atoms with E-state index in [1.165, 1.54) is 12.5 Å². The summed E-state index contributed by atoms with van der Waals surface area (Å²) in [5, 5.41) is 14.9. The van der Waals surface area contributed by atoms with Crippen LogP contribution in [0.1, 0.15) is 42.0 Å². The highest BCUT2D eigenvalue weighted by molar-refractivity contribution is 5.93. The minimum absolute atomic E-state index is 0.0576. The molecule has 0 spiro atoms. The van der Waals surface area contributed by atoms with Gasteiger partial charge in [-0.2, -0.15) is 0 Å². The molecule has 2 aromatic carbocycles. The number of fused-ring (bicyclic) bond motifs is 3. The largest absolute Gasteiger partial charge is 0.480 e. The summed E-state index contributed by atoms with van der Waals surface area (Å²) >= 11 is 0. The summed E-state index contributed by atoms with van der Waals surface area (Å²) in [5.41, 5.74) is 3.86. The number of rotatable bonds is 8. The van der Waals surface area contributed by atoms with Crippen LogP contribution in [0.3, 0.4) is 0 Å². The third kappa shape index (κ3) is 4.37. The van der Waals surface area contributed by atoms with E-state index in [9.17, 15) is 19.5 Å². The zero-order valence-corrected chi connectivity index (χ0v) is 19.0. The number of aliphatic carboxylic acids is 1. The Hall–Kier alpha value is -4.14. The van der Waals surface area contributed by atoms with Crippen molar-refractivity contribution in [3.8, 4) is 11.1 Å². The van der Waals surface area contributed by atoms with E-state index < -0.39 is 29.6 Å². The molecule has 4 N–H and O–H groups in total. The van der Waals surface area contributed by atoms with Gasteiger partial charge in [0, 0.05) is 24.2 Å². The maximum absolute atomic E-state index is 13.0. The molecular formula is C26H26N4O5. The van der Waals surface area contributed by atoms with Gasteiger partial charge in [0.2, 0.25) is 5.91 Å². The number of ether oxygens (including phenoxy) is 1. The Morgan fingerprint density at radius 1 is 1.09 bits per heavy atom. The molecule has 1 aromatic heterocycles. The summed E-state index contributed by atoms with van der Waals surface area (Å²) in [5.74, 6) is -1.78. The molecule has 5 rings (SSSR count). The quantitative estimate of drug-likeness (QED) is 0.397. The zero-order valence-electron chi connectivity index (χ0n) is 19.0. The van der Waals surface area contributed by atoms with E-state index in [0.717, 1.165) is 28.7 Å². The second-order valence-electron chi connectivity index (χ2n) is 9.03. The number of benzene rings is 2. The fourth-order valence-corrected chi connectivity index (χ4v) is 4.88. The van der Waals surface area contributed by atoms with Crippen LogP contribution < -0.4 is 10.6 Å². The lowest BCUT2D eigenvalue weighted by Crippen LogP contribution is -2.65. The van der Waals surface area contributed by atoms with E-state index in [-0.39, 0.29) is 18.9 Å². The van der Waals surface area contributed by atoms with Crippen molar-refractivity contribution in [3.63, 3.8) is 0 Å². The highest BCUT2D eigenvalue weighted by Gasteiger charge is 2.47. The Morgan fingerprint density at radius 2 is 1.74 bits per heavy atom. The third-order valence-corrected chi connectivity index (χ3v) is 6.91. The number of aromatic amines is 1. The van der Waals surface area contributed by atoms with Crippen LogP contribution in [0.15, 0.2) is 61.1 Å². The third-order valence-electron chi connectivity index (χ3n) is 6.91. The standard InChI is InChI=1S/C26H26N4O5/c31-23(32)22(12-16-13-27-15-28-16)29-24(33)26(10-5-11-26)30-25(34)35-14-21-19-8-3-1-6-17(19)18-7-2-4-9-20(18)21/h1-4,6-9,13,15,21-22H,5,10-12,14H2,(H,27,28)(H,29,33)(H,30,34)(H,31,32). The van der Waals surface area contributed by atoms with Crippen molar-refractivity contribution in [2.45, 2.75) is 43.2 Å². The SMILES string of the molecule is O=C(NC1(C(=O)NC(Cc2cnc[nH]2)C(=O)O)CCC1)OCC1c2ccccc2-c2ccccc21. The van der Waals surface area contributed by atoms with Crippen LogP contribution in [-0.2, 0) is 20.7 Å². The van der Waals surface area contributed by atoms with E-state index in [0.29, 0.717) is 18.5 Å². The number of H-pyrrole nitrogens is 1. The van der Waals surface area contributed by atoms with E-state index >= 15 is 0 Å². The van der Waals surface area contributed by atoms with Crippen LogP contribution >= 0.6 is 0 Å². The lowest BCUT2D eigenvalue weighted by atomic mass is 9.76. The summed E-state index contributed by atoms with van der Waals surface area (Å²) in [6.45, 7) is 0.134. The number of nitrogens with zero attached hydrogens (tertiary/aromatic N) is 1. The van der Waals surface area contributed by atoms with Gasteiger partial charge in [0.25, 0.3) is 0 Å². The Balaban J connectivity index is 1.23. The van der Waals surface area contributed by atoms with Crippen LogP contribution in [0.25, 0.3) is 11.1 Å². The van der Waals surface area contributed by atoms with E-state index in [1.807, 2.05) is 36.4 Å². The molecule has 2 amide bonds. The van der Waals surface area contributed by atoms with Gasteiger partial charge in [-0.3, -0.25) is 4.79 Å². The predicted octanol–water partition coefficient (Wildman–Crippen LogP) is 2.98. The number of carboxylic acids is 1. The molecule has 3 aromatic rings. The first-order valence-electron chi connectivity index (χ1n) is 11.6. The van der Waals surface area contributed by atoms with Gasteiger partial charge in [0.1, 0.15) is 18.2 Å². The van der Waals surface area contributed by atoms with Crippen LogP contribution in [0, 0.1) is 0 Å². The van der Waals surface area contributed by atoms with Gasteiger partial charge < -0.3 is 25.5 Å². The number of carbonyl (C=O) groups is 3. The second kappa shape index (κ2) is 9.25. The molecular weight excluding hydrogens is 448 g/mol. The lowest BCUT2D eigenvalue weighted by molar-refractivity contribution is -0.143. The highest BCUT2D eigenvalue weighted by atomic mass is 16.5. The first-order valence-corrected chi connectivity index (χ1v) is 11.6. The molecule has 0 saturated heterocycles. The smallest absolute Gasteiger partial charge is 0.408 e. The maximum Gasteiger partial charge on any atom is 0.408 e. The molecule has 1 unspecified atom stereocenters. The van der Waals surface area contributed by atoms with Crippen molar-refractivity contribution in [2.24, 2.45) is 0 Å². The molecule has 180 valence electrons. The van der Waals surface area contributed by atoms with Crippen molar-refractivity contribution >= 4 is 18.0 Å². The Morgan fingerprint density at radius 3 is 2.29 bits per heavy atom. The monoisotopic (exact) mass is 474 g/mol. The number of imidazole rings is 1.